The predicted molar refractivity (Wildman–Crippen MR) is 145 cm³/mol. The number of anilines is 1. The number of ketones is 2. The average Bonchev–Trinajstić information content (AvgIpc) is 3.39. The van der Waals surface area contributed by atoms with Gasteiger partial charge in [0.2, 0.25) is 0 Å². The maximum absolute atomic E-state index is 14.4. The molecule has 0 fully saturated rings. The number of non-ortho nitro benzene ring substituents is 1. The number of hydrogen-bond donors (Lipinski definition) is 0. The van der Waals surface area contributed by atoms with Gasteiger partial charge in [0.05, 0.1) is 21.3 Å². The largest absolute Gasteiger partial charge is 0.292 e. The van der Waals surface area contributed by atoms with Crippen molar-refractivity contribution in [3.8, 4) is 0 Å². The number of halogens is 2. The number of nitro groups is 1. The highest BCUT2D eigenvalue weighted by atomic mass is 35.5. The molecular formula is C29H17Cl2N3O4. The molecule has 1 aliphatic carbocycles. The van der Waals surface area contributed by atoms with Crippen LogP contribution in [0.2, 0.25) is 10.0 Å². The summed E-state index contributed by atoms with van der Waals surface area (Å²) in [7, 11) is 0. The third-order valence-corrected chi connectivity index (χ3v) is 7.54. The molecule has 0 N–H and O–H groups in total. The molecule has 38 heavy (non-hydrogen) atoms. The van der Waals surface area contributed by atoms with Crippen LogP contribution < -0.4 is 5.01 Å². The number of carbonyl (C=O) groups is 2. The molecule has 7 nitrogen and oxygen atoms in total. The molecule has 0 unspecified atom stereocenters. The molecule has 1 aliphatic heterocycles. The van der Waals surface area contributed by atoms with Crippen molar-refractivity contribution in [2.45, 2.75) is 6.04 Å². The van der Waals surface area contributed by atoms with Gasteiger partial charge in [0.1, 0.15) is 6.04 Å². The molecule has 1 atom stereocenters. The first kappa shape index (κ1) is 24.0. The SMILES string of the molecule is O=C1c2ccccc2C(=O)C12C(c1ccc(Cl)cc1Cl)=NN(c1ccc([N+](=O)[O-])cc1)[C@H]2c1ccccc1. The zero-order valence-corrected chi connectivity index (χ0v) is 21.1. The molecule has 1 heterocycles. The van der Waals surface area contributed by atoms with E-state index < -0.39 is 16.4 Å². The lowest BCUT2D eigenvalue weighted by Crippen LogP contribution is -2.47. The van der Waals surface area contributed by atoms with E-state index in [9.17, 15) is 19.7 Å². The first-order valence-corrected chi connectivity index (χ1v) is 12.4. The Hall–Kier alpha value is -4.33. The molecule has 0 aromatic heterocycles. The van der Waals surface area contributed by atoms with E-state index in [-0.39, 0.29) is 28.0 Å². The van der Waals surface area contributed by atoms with Gasteiger partial charge in [-0.05, 0) is 29.8 Å². The number of nitro benzene ring substituents is 1. The third-order valence-electron chi connectivity index (χ3n) is 7.00. The Morgan fingerprint density at radius 2 is 1.39 bits per heavy atom. The van der Waals surface area contributed by atoms with Crippen LogP contribution in [0.5, 0.6) is 0 Å². The van der Waals surface area contributed by atoms with Crippen molar-refractivity contribution in [3.63, 3.8) is 0 Å². The van der Waals surface area contributed by atoms with Crippen molar-refractivity contribution in [2.24, 2.45) is 10.5 Å². The summed E-state index contributed by atoms with van der Waals surface area (Å²) < 4.78 is 0. The van der Waals surface area contributed by atoms with E-state index in [0.29, 0.717) is 33.0 Å². The maximum Gasteiger partial charge on any atom is 0.269 e. The highest BCUT2D eigenvalue weighted by Crippen LogP contribution is 2.56. The fourth-order valence-corrected chi connectivity index (χ4v) is 5.83. The summed E-state index contributed by atoms with van der Waals surface area (Å²) in [6, 6.07) is 25.6. The van der Waals surface area contributed by atoms with E-state index in [0.717, 1.165) is 0 Å². The zero-order chi connectivity index (χ0) is 26.6. The van der Waals surface area contributed by atoms with E-state index in [1.807, 2.05) is 30.3 Å². The van der Waals surface area contributed by atoms with Gasteiger partial charge in [-0.2, -0.15) is 5.10 Å². The van der Waals surface area contributed by atoms with Crippen molar-refractivity contribution >= 4 is 51.9 Å². The predicted octanol–water partition coefficient (Wildman–Crippen LogP) is 6.93. The number of nitrogens with zero attached hydrogens (tertiary/aromatic N) is 3. The molecule has 0 saturated heterocycles. The minimum Gasteiger partial charge on any atom is -0.292 e. The number of hydrogen-bond acceptors (Lipinski definition) is 6. The number of fused-ring (bicyclic) bond motifs is 1. The van der Waals surface area contributed by atoms with E-state index in [2.05, 4.69) is 0 Å². The summed E-state index contributed by atoms with van der Waals surface area (Å²) in [6.07, 6.45) is 0. The Morgan fingerprint density at radius 3 is 1.97 bits per heavy atom. The molecular weight excluding hydrogens is 525 g/mol. The van der Waals surface area contributed by atoms with Gasteiger partial charge in [-0.25, -0.2) is 0 Å². The van der Waals surface area contributed by atoms with Gasteiger partial charge in [-0.3, -0.25) is 24.7 Å². The number of rotatable bonds is 4. The van der Waals surface area contributed by atoms with Gasteiger partial charge >= 0.3 is 0 Å². The smallest absolute Gasteiger partial charge is 0.269 e. The van der Waals surface area contributed by atoms with Crippen molar-refractivity contribution in [1.82, 2.24) is 0 Å². The van der Waals surface area contributed by atoms with Crippen LogP contribution in [0.15, 0.2) is 102 Å². The maximum atomic E-state index is 14.4. The van der Waals surface area contributed by atoms with Gasteiger partial charge in [-0.15, -0.1) is 0 Å². The van der Waals surface area contributed by atoms with E-state index in [1.165, 1.54) is 18.2 Å². The van der Waals surface area contributed by atoms with Crippen LogP contribution in [0.1, 0.15) is 37.9 Å². The van der Waals surface area contributed by atoms with Crippen LogP contribution in [0.25, 0.3) is 0 Å². The van der Waals surface area contributed by atoms with Gasteiger partial charge in [0, 0.05) is 33.8 Å². The van der Waals surface area contributed by atoms with Gasteiger partial charge < -0.3 is 0 Å². The Labute approximate surface area is 227 Å². The molecule has 1 spiro atoms. The topological polar surface area (TPSA) is 92.9 Å². The molecule has 0 amide bonds. The number of hydrazone groups is 1. The minimum absolute atomic E-state index is 0.0932. The lowest BCUT2D eigenvalue weighted by molar-refractivity contribution is -0.384. The zero-order valence-electron chi connectivity index (χ0n) is 19.5. The fourth-order valence-electron chi connectivity index (χ4n) is 5.34. The number of benzene rings is 4. The summed E-state index contributed by atoms with van der Waals surface area (Å²) in [5.41, 5.74) is 0.496. The van der Waals surface area contributed by atoms with Crippen molar-refractivity contribution in [3.05, 3.63) is 139 Å². The molecule has 4 aromatic carbocycles. The van der Waals surface area contributed by atoms with E-state index in [1.54, 1.807) is 53.5 Å². The Morgan fingerprint density at radius 1 is 0.789 bits per heavy atom. The van der Waals surface area contributed by atoms with Crippen LogP contribution in [0.3, 0.4) is 0 Å². The normalized spacial score (nSPS) is 17.6. The van der Waals surface area contributed by atoms with Gasteiger partial charge in [-0.1, -0.05) is 83.9 Å². The second-order valence-corrected chi connectivity index (χ2v) is 9.86. The van der Waals surface area contributed by atoms with Crippen LogP contribution >= 0.6 is 23.2 Å². The third kappa shape index (κ3) is 3.40. The molecule has 2 aliphatic rings. The van der Waals surface area contributed by atoms with Gasteiger partial charge in [0.15, 0.2) is 17.0 Å². The average molecular weight is 542 g/mol. The van der Waals surface area contributed by atoms with Crippen LogP contribution in [-0.4, -0.2) is 22.2 Å². The molecule has 4 aromatic rings. The fraction of sp³-hybridized carbons (Fsp3) is 0.0690. The van der Waals surface area contributed by atoms with Gasteiger partial charge in [0.25, 0.3) is 5.69 Å². The molecule has 0 radical (unpaired) electrons. The Bertz CT molecular complexity index is 1630. The van der Waals surface area contributed by atoms with Crippen molar-refractivity contribution in [1.29, 1.82) is 0 Å². The quantitative estimate of drug-likeness (QED) is 0.158. The van der Waals surface area contributed by atoms with Crippen LogP contribution in [-0.2, 0) is 0 Å². The molecule has 9 heteroatoms. The Kier molecular flexibility index (Phi) is 5.63. The summed E-state index contributed by atoms with van der Waals surface area (Å²) in [6.45, 7) is 0. The lowest BCUT2D eigenvalue weighted by atomic mass is 9.68. The standard InChI is InChI=1S/C29H17Cl2N3O4/c30-18-10-15-23(24(31)16-18)25-29(27(35)21-8-4-5-9-22(21)28(29)36)26(17-6-2-1-3-7-17)33(32-25)19-11-13-20(14-12-19)34(37)38/h1-16,26H/t26-/m0/s1. The second-order valence-electron chi connectivity index (χ2n) is 9.02. The van der Waals surface area contributed by atoms with E-state index in [4.69, 9.17) is 28.3 Å². The summed E-state index contributed by atoms with van der Waals surface area (Å²) in [4.78, 5) is 39.6. The monoisotopic (exact) mass is 541 g/mol. The van der Waals surface area contributed by atoms with E-state index >= 15 is 0 Å². The van der Waals surface area contributed by atoms with Crippen LogP contribution in [0.4, 0.5) is 11.4 Å². The molecule has 186 valence electrons. The highest BCUT2D eigenvalue weighted by Gasteiger charge is 2.66. The summed E-state index contributed by atoms with van der Waals surface area (Å²) in [5.74, 6) is -0.776. The summed E-state index contributed by atoms with van der Waals surface area (Å²) in [5, 5.41) is 18.4. The first-order valence-electron chi connectivity index (χ1n) is 11.7. The van der Waals surface area contributed by atoms with Crippen LogP contribution in [0, 0.1) is 15.5 Å². The number of Topliss-reactive ketones (excluding diaryl/α,β-unsaturated/α-hetero) is 2. The molecule has 0 saturated carbocycles. The van der Waals surface area contributed by atoms with Crippen molar-refractivity contribution < 1.29 is 14.5 Å². The second kappa shape index (κ2) is 8.90. The van der Waals surface area contributed by atoms with Crippen molar-refractivity contribution in [2.75, 3.05) is 5.01 Å². The number of carbonyl (C=O) groups excluding carboxylic acids is 2. The lowest BCUT2D eigenvalue weighted by Gasteiger charge is -2.34. The first-order chi connectivity index (χ1) is 18.3. The minimum atomic E-state index is -1.76. The molecule has 6 rings (SSSR count). The summed E-state index contributed by atoms with van der Waals surface area (Å²) >= 11 is 12.8. The Balaban J connectivity index is 1.67. The molecule has 0 bridgehead atoms. The highest BCUT2D eigenvalue weighted by molar-refractivity contribution is 6.46.